The topological polar surface area (TPSA) is 83.1 Å². The second-order valence-corrected chi connectivity index (χ2v) is 4.12. The first kappa shape index (κ1) is 13.5. The van der Waals surface area contributed by atoms with Gasteiger partial charge in [-0.3, -0.25) is 4.79 Å². The van der Waals surface area contributed by atoms with Gasteiger partial charge in [-0.2, -0.15) is 5.26 Å². The summed E-state index contributed by atoms with van der Waals surface area (Å²) in [6, 6.07) is 6.92. The van der Waals surface area contributed by atoms with Crippen LogP contribution < -0.4 is 5.43 Å². The van der Waals surface area contributed by atoms with Crippen molar-refractivity contribution >= 4 is 5.97 Å². The van der Waals surface area contributed by atoms with Crippen LogP contribution in [0.3, 0.4) is 0 Å². The summed E-state index contributed by atoms with van der Waals surface area (Å²) in [4.78, 5) is 22.2. The molecule has 0 radical (unpaired) electrons. The fourth-order valence-corrected chi connectivity index (χ4v) is 1.75. The van der Waals surface area contributed by atoms with Gasteiger partial charge in [0.1, 0.15) is 11.4 Å². The predicted molar refractivity (Wildman–Crippen MR) is 67.9 cm³/mol. The third-order valence-corrected chi connectivity index (χ3v) is 2.74. The minimum atomic E-state index is -1.34. The first-order valence-electron chi connectivity index (χ1n) is 5.63. The molecule has 2 aromatic rings. The molecule has 20 heavy (non-hydrogen) atoms. The van der Waals surface area contributed by atoms with Crippen LogP contribution in [0.25, 0.3) is 0 Å². The number of carboxylic acid groups (broad SMARTS) is 1. The van der Waals surface area contributed by atoms with Gasteiger partial charge in [-0.1, -0.05) is 0 Å². The smallest absolute Gasteiger partial charge is 0.341 e. The summed E-state index contributed by atoms with van der Waals surface area (Å²) in [5.74, 6) is -1.84. The summed E-state index contributed by atoms with van der Waals surface area (Å²) < 4.78 is 15.0. The van der Waals surface area contributed by atoms with E-state index in [1.807, 2.05) is 6.07 Å². The van der Waals surface area contributed by atoms with Crippen molar-refractivity contribution in [1.29, 1.82) is 5.26 Å². The van der Waals surface area contributed by atoms with Gasteiger partial charge in [0, 0.05) is 30.6 Å². The van der Waals surface area contributed by atoms with E-state index < -0.39 is 17.2 Å². The number of benzene rings is 1. The number of halogens is 1. The number of carboxylic acids is 1. The lowest BCUT2D eigenvalue weighted by molar-refractivity contribution is 0.0694. The van der Waals surface area contributed by atoms with Crippen molar-refractivity contribution in [2.24, 2.45) is 0 Å². The largest absolute Gasteiger partial charge is 0.477 e. The monoisotopic (exact) mass is 272 g/mol. The number of pyridine rings is 1. The van der Waals surface area contributed by atoms with Crippen molar-refractivity contribution in [1.82, 2.24) is 4.57 Å². The molecule has 0 atom stereocenters. The Balaban J connectivity index is 2.40. The van der Waals surface area contributed by atoms with Gasteiger partial charge in [-0.05, 0) is 18.2 Å². The van der Waals surface area contributed by atoms with Crippen LogP contribution >= 0.6 is 0 Å². The quantitative estimate of drug-likeness (QED) is 0.920. The van der Waals surface area contributed by atoms with Crippen LogP contribution in [0.1, 0.15) is 21.5 Å². The molecule has 0 aliphatic heterocycles. The Kier molecular flexibility index (Phi) is 3.62. The number of nitrogens with zero attached hydrogens (tertiary/aromatic N) is 2. The number of hydrogen-bond donors (Lipinski definition) is 1. The van der Waals surface area contributed by atoms with E-state index in [1.165, 1.54) is 29.0 Å². The maximum Gasteiger partial charge on any atom is 0.341 e. The average Bonchev–Trinajstić information content (AvgIpc) is 2.43. The van der Waals surface area contributed by atoms with Crippen molar-refractivity contribution < 1.29 is 14.3 Å². The van der Waals surface area contributed by atoms with Crippen molar-refractivity contribution in [3.63, 3.8) is 0 Å². The van der Waals surface area contributed by atoms with Gasteiger partial charge in [0.2, 0.25) is 0 Å². The Labute approximate surface area is 113 Å². The first-order chi connectivity index (χ1) is 9.51. The minimum absolute atomic E-state index is 0.0297. The predicted octanol–water partition coefficient (Wildman–Crippen LogP) is 1.61. The standard InChI is InChI=1S/C14H9FN2O3/c15-12-2-1-9(6-16)5-10(12)7-17-4-3-13(18)11(8-17)14(19)20/h1-5,8H,7H2,(H,19,20). The molecule has 0 unspecified atom stereocenters. The van der Waals surface area contributed by atoms with Crippen LogP contribution in [-0.2, 0) is 6.54 Å². The zero-order valence-corrected chi connectivity index (χ0v) is 10.2. The molecule has 0 bridgehead atoms. The lowest BCUT2D eigenvalue weighted by Crippen LogP contribution is -2.17. The Morgan fingerprint density at radius 3 is 2.80 bits per heavy atom. The van der Waals surface area contributed by atoms with Crippen LogP contribution in [-0.4, -0.2) is 15.6 Å². The molecule has 1 aromatic heterocycles. The molecule has 0 amide bonds. The maximum absolute atomic E-state index is 13.6. The van der Waals surface area contributed by atoms with Gasteiger partial charge in [-0.15, -0.1) is 0 Å². The Morgan fingerprint density at radius 1 is 1.40 bits per heavy atom. The molecule has 1 N–H and O–H groups in total. The van der Waals surface area contributed by atoms with Gasteiger partial charge >= 0.3 is 5.97 Å². The number of rotatable bonds is 3. The Morgan fingerprint density at radius 2 is 2.15 bits per heavy atom. The number of aromatic nitrogens is 1. The zero-order valence-electron chi connectivity index (χ0n) is 10.2. The van der Waals surface area contributed by atoms with Gasteiger partial charge < -0.3 is 9.67 Å². The molecular formula is C14H9FN2O3. The van der Waals surface area contributed by atoms with Crippen LogP contribution in [0.5, 0.6) is 0 Å². The average molecular weight is 272 g/mol. The lowest BCUT2D eigenvalue weighted by Gasteiger charge is -2.08. The van der Waals surface area contributed by atoms with E-state index in [4.69, 9.17) is 10.4 Å². The summed E-state index contributed by atoms with van der Waals surface area (Å²) in [6.45, 7) is 0.0297. The molecule has 1 aromatic carbocycles. The highest BCUT2D eigenvalue weighted by atomic mass is 19.1. The van der Waals surface area contributed by atoms with Crippen LogP contribution in [0.2, 0.25) is 0 Å². The third-order valence-electron chi connectivity index (χ3n) is 2.74. The molecule has 0 saturated heterocycles. The summed E-state index contributed by atoms with van der Waals surface area (Å²) in [7, 11) is 0. The van der Waals surface area contributed by atoms with Crippen LogP contribution in [0.15, 0.2) is 41.5 Å². The highest BCUT2D eigenvalue weighted by Gasteiger charge is 2.10. The summed E-state index contributed by atoms with van der Waals surface area (Å²) >= 11 is 0. The molecular weight excluding hydrogens is 263 g/mol. The fourth-order valence-electron chi connectivity index (χ4n) is 1.75. The molecule has 0 aliphatic carbocycles. The number of carbonyl (C=O) groups is 1. The fraction of sp³-hybridized carbons (Fsp3) is 0.0714. The second-order valence-electron chi connectivity index (χ2n) is 4.12. The van der Waals surface area contributed by atoms with E-state index >= 15 is 0 Å². The molecule has 2 rings (SSSR count). The highest BCUT2D eigenvalue weighted by molar-refractivity contribution is 5.86. The molecule has 0 fully saturated rings. The van der Waals surface area contributed by atoms with E-state index in [9.17, 15) is 14.0 Å². The Bertz CT molecular complexity index is 775. The highest BCUT2D eigenvalue weighted by Crippen LogP contribution is 2.12. The lowest BCUT2D eigenvalue weighted by atomic mass is 10.1. The van der Waals surface area contributed by atoms with Gasteiger partial charge in [0.05, 0.1) is 11.6 Å². The number of aromatic carboxylic acids is 1. The van der Waals surface area contributed by atoms with E-state index in [1.54, 1.807) is 0 Å². The molecule has 0 spiro atoms. The molecule has 0 aliphatic rings. The summed E-state index contributed by atoms with van der Waals surface area (Å²) in [6.07, 6.45) is 2.51. The van der Waals surface area contributed by atoms with Crippen LogP contribution in [0, 0.1) is 17.1 Å². The normalized spacial score (nSPS) is 10.0. The Hall–Kier alpha value is -2.94. The second kappa shape index (κ2) is 5.36. The van der Waals surface area contributed by atoms with Crippen molar-refractivity contribution in [3.8, 4) is 6.07 Å². The number of nitriles is 1. The van der Waals surface area contributed by atoms with Crippen molar-refractivity contribution in [3.05, 3.63) is 69.4 Å². The van der Waals surface area contributed by atoms with E-state index in [-0.39, 0.29) is 17.7 Å². The molecule has 1 heterocycles. The zero-order chi connectivity index (χ0) is 14.7. The third kappa shape index (κ3) is 2.72. The van der Waals surface area contributed by atoms with Gasteiger partial charge in [0.25, 0.3) is 0 Å². The van der Waals surface area contributed by atoms with E-state index in [0.717, 1.165) is 12.3 Å². The van der Waals surface area contributed by atoms with Crippen molar-refractivity contribution in [2.75, 3.05) is 0 Å². The maximum atomic E-state index is 13.6. The molecule has 6 heteroatoms. The van der Waals surface area contributed by atoms with Crippen molar-refractivity contribution in [2.45, 2.75) is 6.54 Å². The molecule has 5 nitrogen and oxygen atoms in total. The number of hydrogen-bond acceptors (Lipinski definition) is 3. The summed E-state index contributed by atoms with van der Waals surface area (Å²) in [5, 5.41) is 17.6. The minimum Gasteiger partial charge on any atom is -0.477 e. The van der Waals surface area contributed by atoms with Crippen LogP contribution in [0.4, 0.5) is 4.39 Å². The van der Waals surface area contributed by atoms with E-state index in [2.05, 4.69) is 0 Å². The van der Waals surface area contributed by atoms with E-state index in [0.29, 0.717) is 5.56 Å². The molecule has 100 valence electrons. The summed E-state index contributed by atoms with van der Waals surface area (Å²) in [5.41, 5.74) is -0.450. The first-order valence-corrected chi connectivity index (χ1v) is 5.63. The SMILES string of the molecule is N#Cc1ccc(F)c(Cn2ccc(=O)c(C(=O)O)c2)c1. The molecule has 0 saturated carbocycles. The van der Waals surface area contributed by atoms with Gasteiger partial charge in [-0.25, -0.2) is 9.18 Å². The van der Waals surface area contributed by atoms with Gasteiger partial charge in [0.15, 0.2) is 5.43 Å².